The molecule has 0 aliphatic carbocycles. The fourth-order valence-corrected chi connectivity index (χ4v) is 2.62. The summed E-state index contributed by atoms with van der Waals surface area (Å²) < 4.78 is 2.12. The fraction of sp³-hybridized carbons (Fsp3) is 0.214. The van der Waals surface area contributed by atoms with Crippen LogP contribution in [-0.4, -0.2) is 25.6 Å². The van der Waals surface area contributed by atoms with Gasteiger partial charge in [-0.1, -0.05) is 30.3 Å². The lowest BCUT2D eigenvalue weighted by molar-refractivity contribution is 0.637. The molecule has 4 rings (SSSR count). The maximum atomic E-state index is 4.30. The van der Waals surface area contributed by atoms with Crippen LogP contribution in [0.3, 0.4) is 0 Å². The van der Waals surface area contributed by atoms with E-state index < -0.39 is 0 Å². The van der Waals surface area contributed by atoms with Gasteiger partial charge in [-0.15, -0.1) is 0 Å². The first kappa shape index (κ1) is 10.5. The van der Waals surface area contributed by atoms with Crippen LogP contribution in [0, 0.1) is 0 Å². The van der Waals surface area contributed by atoms with Crippen molar-refractivity contribution in [1.29, 1.82) is 0 Å². The Morgan fingerprint density at radius 1 is 1.16 bits per heavy atom. The van der Waals surface area contributed by atoms with Gasteiger partial charge in [-0.2, -0.15) is 0 Å². The Balaban J connectivity index is 1.61. The second kappa shape index (κ2) is 4.05. The molecule has 94 valence electrons. The first-order valence-corrected chi connectivity index (χ1v) is 6.36. The molecule has 0 aromatic heterocycles. The molecule has 0 amide bonds. The van der Waals surface area contributed by atoms with Crippen LogP contribution in [0.2, 0.25) is 0 Å². The third-order valence-electron chi connectivity index (χ3n) is 3.49. The molecule has 0 radical (unpaired) electrons. The molecule has 5 heteroatoms. The summed E-state index contributed by atoms with van der Waals surface area (Å²) in [5, 5.41) is 3.53. The lowest BCUT2D eigenvalue weighted by Crippen LogP contribution is -2.19. The Kier molecular flexibility index (Phi) is 2.24. The van der Waals surface area contributed by atoms with Gasteiger partial charge < -0.3 is 9.88 Å². The van der Waals surface area contributed by atoms with E-state index in [4.69, 9.17) is 0 Å². The van der Waals surface area contributed by atoms with Gasteiger partial charge in [0, 0.05) is 12.6 Å². The minimum absolute atomic E-state index is 0.381. The molecular weight excluding hydrogens is 238 g/mol. The van der Waals surface area contributed by atoms with Crippen LogP contribution >= 0.6 is 0 Å². The number of nitrogens with zero attached hydrogens (tertiary/aromatic N) is 4. The van der Waals surface area contributed by atoms with E-state index in [-0.39, 0.29) is 0 Å². The number of aromatic nitrogens is 4. The summed E-state index contributed by atoms with van der Waals surface area (Å²) in [6, 6.07) is 10.9. The molecule has 5 nitrogen and oxygen atoms in total. The molecule has 0 saturated carbocycles. The van der Waals surface area contributed by atoms with Crippen LogP contribution in [0.5, 0.6) is 0 Å². The first-order valence-electron chi connectivity index (χ1n) is 6.36. The van der Waals surface area contributed by atoms with Crippen molar-refractivity contribution in [2.75, 3.05) is 5.32 Å². The third-order valence-corrected chi connectivity index (χ3v) is 3.49. The van der Waals surface area contributed by atoms with Crippen molar-refractivity contribution in [2.24, 2.45) is 0 Å². The van der Waals surface area contributed by atoms with Gasteiger partial charge in [0.1, 0.15) is 17.8 Å². The average molecular weight is 251 g/mol. The summed E-state index contributed by atoms with van der Waals surface area (Å²) in [6.45, 7) is 0.917. The maximum absolute atomic E-state index is 4.30. The minimum Gasteiger partial charge on any atom is -0.365 e. The molecule has 19 heavy (non-hydrogen) atoms. The van der Waals surface area contributed by atoms with Gasteiger partial charge in [0.2, 0.25) is 0 Å². The lowest BCUT2D eigenvalue weighted by Gasteiger charge is -2.09. The largest absolute Gasteiger partial charge is 0.365 e. The second-order valence-corrected chi connectivity index (χ2v) is 4.82. The summed E-state index contributed by atoms with van der Waals surface area (Å²) in [4.78, 5) is 12.7. The molecule has 1 aromatic carbocycles. The number of hydrogen-bond acceptors (Lipinski definition) is 4. The zero-order valence-electron chi connectivity index (χ0n) is 10.3. The Hall–Kier alpha value is -2.43. The summed E-state index contributed by atoms with van der Waals surface area (Å²) >= 11 is 0. The van der Waals surface area contributed by atoms with E-state index in [2.05, 4.69) is 49.1 Å². The fourth-order valence-electron chi connectivity index (χ4n) is 2.62. The van der Waals surface area contributed by atoms with Crippen LogP contribution < -0.4 is 5.32 Å². The predicted molar refractivity (Wildman–Crippen MR) is 72.0 cm³/mol. The molecule has 1 aromatic rings. The normalized spacial score (nSPS) is 17.4. The average Bonchev–Trinajstić information content (AvgIpc) is 3.04. The van der Waals surface area contributed by atoms with Crippen molar-refractivity contribution in [3.05, 3.63) is 48.5 Å². The van der Waals surface area contributed by atoms with Crippen LogP contribution in [0.1, 0.15) is 5.56 Å². The molecule has 1 N–H and O–H groups in total. The van der Waals surface area contributed by atoms with E-state index in [1.807, 2.05) is 12.4 Å². The van der Waals surface area contributed by atoms with E-state index in [0.29, 0.717) is 11.9 Å². The Morgan fingerprint density at radius 3 is 2.95 bits per heavy atom. The van der Waals surface area contributed by atoms with Gasteiger partial charge in [0.25, 0.3) is 0 Å². The monoisotopic (exact) mass is 251 g/mol. The molecule has 3 aliphatic heterocycles. The smallest absolute Gasteiger partial charge is 0.184 e. The topological polar surface area (TPSA) is 55.6 Å². The molecule has 3 heterocycles. The van der Waals surface area contributed by atoms with Crippen molar-refractivity contribution in [3.63, 3.8) is 0 Å². The SMILES string of the molecule is c1ccc(CC2Cn3cnc4ncnc-4c3N2)cc1. The van der Waals surface area contributed by atoms with Crippen molar-refractivity contribution < 1.29 is 0 Å². The van der Waals surface area contributed by atoms with Crippen LogP contribution in [0.15, 0.2) is 43.0 Å². The van der Waals surface area contributed by atoms with E-state index in [0.717, 1.165) is 24.5 Å². The van der Waals surface area contributed by atoms with E-state index in [1.165, 1.54) is 5.56 Å². The third kappa shape index (κ3) is 1.74. The summed E-state index contributed by atoms with van der Waals surface area (Å²) in [6.07, 6.45) is 4.40. The highest BCUT2D eigenvalue weighted by molar-refractivity contribution is 5.68. The molecule has 0 saturated heterocycles. The Morgan fingerprint density at radius 2 is 2.05 bits per heavy atom. The van der Waals surface area contributed by atoms with Gasteiger partial charge in [-0.05, 0) is 12.0 Å². The molecule has 0 bridgehead atoms. The highest BCUT2D eigenvalue weighted by Crippen LogP contribution is 2.29. The van der Waals surface area contributed by atoms with Crippen molar-refractivity contribution in [3.8, 4) is 11.5 Å². The molecular formula is C14H13N5. The van der Waals surface area contributed by atoms with Crippen LogP contribution in [0.25, 0.3) is 11.5 Å². The molecule has 0 spiro atoms. The standard InChI is InChI=1S/C14H13N5/c1-2-4-10(5-3-1)6-11-7-19-9-17-13-12(14(19)18-11)15-8-16-13/h1-5,8-9,11,18H,6-7H2. The number of nitrogens with one attached hydrogen (secondary N) is 1. The number of anilines is 1. The van der Waals surface area contributed by atoms with E-state index in [1.54, 1.807) is 6.33 Å². The lowest BCUT2D eigenvalue weighted by atomic mass is 10.1. The Bertz CT molecular complexity index is 676. The quantitative estimate of drug-likeness (QED) is 0.754. The zero-order valence-corrected chi connectivity index (χ0v) is 10.3. The maximum Gasteiger partial charge on any atom is 0.184 e. The zero-order chi connectivity index (χ0) is 12.7. The van der Waals surface area contributed by atoms with Gasteiger partial charge >= 0.3 is 0 Å². The summed E-state index contributed by atoms with van der Waals surface area (Å²) in [5.41, 5.74) is 2.20. The number of rotatable bonds is 2. The number of fused-ring (bicyclic) bond motifs is 3. The number of hydrogen-bond donors (Lipinski definition) is 1. The van der Waals surface area contributed by atoms with Crippen LogP contribution in [-0.2, 0) is 13.0 Å². The van der Waals surface area contributed by atoms with E-state index >= 15 is 0 Å². The molecule has 0 fully saturated rings. The van der Waals surface area contributed by atoms with Crippen molar-refractivity contribution >= 4 is 5.82 Å². The van der Waals surface area contributed by atoms with Gasteiger partial charge in [-0.3, -0.25) is 0 Å². The predicted octanol–water partition coefficient (Wildman–Crippen LogP) is 1.81. The van der Waals surface area contributed by atoms with Crippen LogP contribution in [0.4, 0.5) is 5.82 Å². The van der Waals surface area contributed by atoms with Gasteiger partial charge in [0.15, 0.2) is 5.82 Å². The highest BCUT2D eigenvalue weighted by Gasteiger charge is 2.25. The first-order chi connectivity index (χ1) is 9.40. The molecule has 3 aliphatic rings. The second-order valence-electron chi connectivity index (χ2n) is 4.82. The summed E-state index contributed by atoms with van der Waals surface area (Å²) in [7, 11) is 0. The van der Waals surface area contributed by atoms with Crippen molar-refractivity contribution in [2.45, 2.75) is 19.0 Å². The highest BCUT2D eigenvalue weighted by atomic mass is 15.2. The van der Waals surface area contributed by atoms with Gasteiger partial charge in [0.05, 0.1) is 6.33 Å². The number of benzene rings is 1. The van der Waals surface area contributed by atoms with Crippen molar-refractivity contribution in [1.82, 2.24) is 19.5 Å². The minimum atomic E-state index is 0.381. The summed E-state index contributed by atoms with van der Waals surface area (Å²) in [5.74, 6) is 1.74. The number of imidazole rings is 1. The molecule has 1 unspecified atom stereocenters. The Labute approximate surface area is 110 Å². The molecule has 1 atom stereocenters. The van der Waals surface area contributed by atoms with E-state index in [9.17, 15) is 0 Å². The van der Waals surface area contributed by atoms with Gasteiger partial charge in [-0.25, -0.2) is 15.0 Å².